The van der Waals surface area contributed by atoms with Gasteiger partial charge in [0.05, 0.1) is 19.9 Å². The molecule has 2 N–H and O–H groups in total. The van der Waals surface area contributed by atoms with Gasteiger partial charge >= 0.3 is 5.97 Å². The fourth-order valence-electron chi connectivity index (χ4n) is 1.88. The van der Waals surface area contributed by atoms with Crippen LogP contribution < -0.4 is 14.8 Å². The van der Waals surface area contributed by atoms with Crippen LogP contribution in [0.15, 0.2) is 35.7 Å². The fraction of sp³-hybridized carbons (Fsp3) is 0.125. The van der Waals surface area contributed by atoms with Crippen LogP contribution in [0.5, 0.6) is 11.5 Å². The number of carboxylic acids is 1. The Morgan fingerprint density at radius 1 is 1.17 bits per heavy atom. The van der Waals surface area contributed by atoms with Gasteiger partial charge in [-0.05, 0) is 35.2 Å². The van der Waals surface area contributed by atoms with Crippen molar-refractivity contribution < 1.29 is 24.2 Å². The second kappa shape index (κ2) is 7.46. The van der Waals surface area contributed by atoms with Gasteiger partial charge in [0.15, 0.2) is 11.5 Å². The predicted molar refractivity (Wildman–Crippen MR) is 88.5 cm³/mol. The molecule has 7 heteroatoms. The molecule has 0 atom stereocenters. The van der Waals surface area contributed by atoms with E-state index >= 15 is 0 Å². The van der Waals surface area contributed by atoms with Crippen molar-refractivity contribution in [1.82, 2.24) is 0 Å². The summed E-state index contributed by atoms with van der Waals surface area (Å²) in [5, 5.41) is 13.1. The Labute approximate surface area is 137 Å². The van der Waals surface area contributed by atoms with Crippen LogP contribution in [-0.2, 0) is 4.79 Å². The molecule has 2 aromatic rings. The summed E-state index contributed by atoms with van der Waals surface area (Å²) in [6.07, 6.45) is 2.93. The first kappa shape index (κ1) is 16.6. The Morgan fingerprint density at radius 3 is 2.57 bits per heavy atom. The van der Waals surface area contributed by atoms with Gasteiger partial charge in [0.25, 0.3) is 0 Å². The third-order valence-electron chi connectivity index (χ3n) is 2.95. The fourth-order valence-corrected chi connectivity index (χ4v) is 2.56. The Kier molecular flexibility index (Phi) is 5.37. The molecule has 0 fully saturated rings. The molecule has 0 aliphatic heterocycles. The van der Waals surface area contributed by atoms with E-state index in [0.29, 0.717) is 11.5 Å². The normalized spacial score (nSPS) is 10.5. The average Bonchev–Trinajstić information content (AvgIpc) is 3.00. The van der Waals surface area contributed by atoms with E-state index in [2.05, 4.69) is 5.32 Å². The van der Waals surface area contributed by atoms with Crippen LogP contribution in [0.2, 0.25) is 0 Å². The maximum absolute atomic E-state index is 11.9. The minimum atomic E-state index is -1.07. The number of nitrogens with one attached hydrogen (secondary N) is 1. The standard InChI is InChI=1S/C16H15NO5S/c1-21-12-5-3-10(9-13(12)22-2)4-6-14(18)17-11-7-8-23-15(11)16(19)20/h3-9H,1-2H3,(H,17,18)(H,19,20). The number of rotatable bonds is 6. The SMILES string of the molecule is COc1ccc(C=CC(=O)Nc2ccsc2C(=O)O)cc1OC. The first-order valence-electron chi connectivity index (χ1n) is 6.57. The number of thiophene rings is 1. The Bertz CT molecular complexity index is 751. The number of anilines is 1. The van der Waals surface area contributed by atoms with Gasteiger partial charge in [0, 0.05) is 6.08 Å². The highest BCUT2D eigenvalue weighted by molar-refractivity contribution is 7.12. The number of methoxy groups -OCH3 is 2. The molecule has 0 spiro atoms. The predicted octanol–water partition coefficient (Wildman–Crippen LogP) is 3.12. The summed E-state index contributed by atoms with van der Waals surface area (Å²) in [6.45, 7) is 0. The molecule has 0 unspecified atom stereocenters. The average molecular weight is 333 g/mol. The van der Waals surface area contributed by atoms with Gasteiger partial charge in [-0.15, -0.1) is 11.3 Å². The van der Waals surface area contributed by atoms with Crippen LogP contribution in [0, 0.1) is 0 Å². The van der Waals surface area contributed by atoms with Gasteiger partial charge in [0.1, 0.15) is 4.88 Å². The molecule has 0 aliphatic carbocycles. The van der Waals surface area contributed by atoms with Crippen LogP contribution in [0.25, 0.3) is 6.08 Å². The number of carbonyl (C=O) groups is 2. The third-order valence-corrected chi connectivity index (χ3v) is 3.85. The van der Waals surface area contributed by atoms with E-state index in [1.54, 1.807) is 42.8 Å². The number of carbonyl (C=O) groups excluding carboxylic acids is 1. The van der Waals surface area contributed by atoms with E-state index in [1.807, 2.05) is 0 Å². The number of amides is 1. The van der Waals surface area contributed by atoms with Crippen molar-refractivity contribution in [2.75, 3.05) is 19.5 Å². The van der Waals surface area contributed by atoms with Gasteiger partial charge in [-0.3, -0.25) is 4.79 Å². The number of hydrogen-bond acceptors (Lipinski definition) is 5. The van der Waals surface area contributed by atoms with Crippen molar-refractivity contribution in [2.24, 2.45) is 0 Å². The van der Waals surface area contributed by atoms with Crippen LogP contribution in [0.1, 0.15) is 15.2 Å². The lowest BCUT2D eigenvalue weighted by Gasteiger charge is -2.07. The zero-order valence-corrected chi connectivity index (χ0v) is 13.3. The van der Waals surface area contributed by atoms with Crippen molar-refractivity contribution in [3.8, 4) is 11.5 Å². The molecular weight excluding hydrogens is 318 g/mol. The van der Waals surface area contributed by atoms with Crippen molar-refractivity contribution >= 4 is 35.0 Å². The van der Waals surface area contributed by atoms with E-state index in [1.165, 1.54) is 13.2 Å². The van der Waals surface area contributed by atoms with E-state index in [0.717, 1.165) is 16.9 Å². The lowest BCUT2D eigenvalue weighted by atomic mass is 10.2. The zero-order chi connectivity index (χ0) is 16.8. The van der Waals surface area contributed by atoms with E-state index in [4.69, 9.17) is 14.6 Å². The Hall–Kier alpha value is -2.80. The molecule has 1 aromatic heterocycles. The second-order valence-electron chi connectivity index (χ2n) is 4.41. The van der Waals surface area contributed by atoms with Crippen LogP contribution in [0.4, 0.5) is 5.69 Å². The first-order valence-corrected chi connectivity index (χ1v) is 7.45. The number of aromatic carboxylic acids is 1. The zero-order valence-electron chi connectivity index (χ0n) is 12.5. The van der Waals surface area contributed by atoms with Crippen LogP contribution in [0.3, 0.4) is 0 Å². The molecule has 0 radical (unpaired) electrons. The summed E-state index contributed by atoms with van der Waals surface area (Å²) in [5.41, 5.74) is 1.03. The molecule has 120 valence electrons. The number of benzene rings is 1. The Balaban J connectivity index is 2.09. The molecule has 0 saturated heterocycles. The summed E-state index contributed by atoms with van der Waals surface area (Å²) in [7, 11) is 3.07. The van der Waals surface area contributed by atoms with Gasteiger partial charge in [-0.1, -0.05) is 6.07 Å². The highest BCUT2D eigenvalue weighted by Gasteiger charge is 2.12. The maximum atomic E-state index is 11.9. The van der Waals surface area contributed by atoms with Crippen molar-refractivity contribution in [3.05, 3.63) is 46.2 Å². The first-order chi connectivity index (χ1) is 11.0. The second-order valence-corrected chi connectivity index (χ2v) is 5.32. The number of hydrogen-bond donors (Lipinski definition) is 2. The molecule has 0 aliphatic rings. The summed E-state index contributed by atoms with van der Waals surface area (Å²) in [5.74, 6) is -0.334. The number of carboxylic acid groups (broad SMARTS) is 1. The molecule has 1 amide bonds. The van der Waals surface area contributed by atoms with E-state index in [-0.39, 0.29) is 10.6 Å². The smallest absolute Gasteiger partial charge is 0.348 e. The van der Waals surface area contributed by atoms with Crippen LogP contribution >= 0.6 is 11.3 Å². The van der Waals surface area contributed by atoms with Gasteiger partial charge in [0.2, 0.25) is 5.91 Å². The lowest BCUT2D eigenvalue weighted by molar-refractivity contribution is -0.111. The van der Waals surface area contributed by atoms with Crippen molar-refractivity contribution in [2.45, 2.75) is 0 Å². The molecule has 0 saturated carbocycles. The van der Waals surface area contributed by atoms with E-state index < -0.39 is 11.9 Å². The lowest BCUT2D eigenvalue weighted by Crippen LogP contribution is -2.09. The van der Waals surface area contributed by atoms with Crippen molar-refractivity contribution in [3.63, 3.8) is 0 Å². The quantitative estimate of drug-likeness (QED) is 0.794. The molecular formula is C16H15NO5S. The minimum Gasteiger partial charge on any atom is -0.493 e. The largest absolute Gasteiger partial charge is 0.493 e. The Morgan fingerprint density at radius 2 is 1.91 bits per heavy atom. The van der Waals surface area contributed by atoms with E-state index in [9.17, 15) is 9.59 Å². The summed E-state index contributed by atoms with van der Waals surface area (Å²) in [6, 6.07) is 6.79. The van der Waals surface area contributed by atoms with Crippen LogP contribution in [-0.4, -0.2) is 31.2 Å². The molecule has 1 aromatic carbocycles. The summed E-state index contributed by atoms with van der Waals surface area (Å²) < 4.78 is 10.3. The third kappa shape index (κ3) is 4.10. The minimum absolute atomic E-state index is 0.0952. The summed E-state index contributed by atoms with van der Waals surface area (Å²) in [4.78, 5) is 23.0. The van der Waals surface area contributed by atoms with Crippen molar-refractivity contribution in [1.29, 1.82) is 0 Å². The van der Waals surface area contributed by atoms with Gasteiger partial charge in [-0.2, -0.15) is 0 Å². The number of ether oxygens (including phenoxy) is 2. The summed E-state index contributed by atoms with van der Waals surface area (Å²) >= 11 is 1.05. The molecule has 0 bridgehead atoms. The highest BCUT2D eigenvalue weighted by atomic mass is 32.1. The maximum Gasteiger partial charge on any atom is 0.348 e. The highest BCUT2D eigenvalue weighted by Crippen LogP contribution is 2.28. The molecule has 6 nitrogen and oxygen atoms in total. The topological polar surface area (TPSA) is 84.9 Å². The molecule has 2 rings (SSSR count). The van der Waals surface area contributed by atoms with Gasteiger partial charge < -0.3 is 19.9 Å². The monoisotopic (exact) mass is 333 g/mol. The molecule has 1 heterocycles. The van der Waals surface area contributed by atoms with Gasteiger partial charge in [-0.25, -0.2) is 4.79 Å². The molecule has 23 heavy (non-hydrogen) atoms.